The number of aliphatic hydroxyl groups is 1. The van der Waals surface area contributed by atoms with E-state index in [1.807, 2.05) is 38.1 Å². The predicted octanol–water partition coefficient (Wildman–Crippen LogP) is 2.89. The Labute approximate surface area is 128 Å². The SMILES string of the molecule is CCC(CC)(CO)NC(=O)CCOc1ccc(Br)cc1. The molecule has 1 aromatic rings. The van der Waals surface area contributed by atoms with E-state index in [-0.39, 0.29) is 18.9 Å². The van der Waals surface area contributed by atoms with Crippen LogP contribution in [0.15, 0.2) is 28.7 Å². The Morgan fingerprint density at radius 1 is 1.30 bits per heavy atom. The molecule has 0 spiro atoms. The quantitative estimate of drug-likeness (QED) is 0.762. The topological polar surface area (TPSA) is 58.6 Å². The molecule has 1 rings (SSSR count). The van der Waals surface area contributed by atoms with Crippen molar-refractivity contribution in [3.05, 3.63) is 28.7 Å². The largest absolute Gasteiger partial charge is 0.493 e. The second kappa shape index (κ2) is 8.27. The number of carbonyl (C=O) groups excluding carboxylic acids is 1. The molecule has 0 aliphatic rings. The molecule has 112 valence electrons. The summed E-state index contributed by atoms with van der Waals surface area (Å²) in [7, 11) is 0. The smallest absolute Gasteiger partial charge is 0.223 e. The molecule has 0 saturated carbocycles. The number of halogens is 1. The van der Waals surface area contributed by atoms with Gasteiger partial charge < -0.3 is 15.2 Å². The Kier molecular flexibility index (Phi) is 7.02. The van der Waals surface area contributed by atoms with Gasteiger partial charge in [0, 0.05) is 4.47 Å². The Hall–Kier alpha value is -1.07. The van der Waals surface area contributed by atoms with E-state index < -0.39 is 5.54 Å². The molecule has 0 radical (unpaired) electrons. The van der Waals surface area contributed by atoms with Crippen LogP contribution in [0.5, 0.6) is 5.75 Å². The van der Waals surface area contributed by atoms with Crippen molar-refractivity contribution in [2.75, 3.05) is 13.2 Å². The lowest BCUT2D eigenvalue weighted by Gasteiger charge is -2.30. The van der Waals surface area contributed by atoms with Crippen LogP contribution in [-0.2, 0) is 4.79 Å². The molecule has 0 bridgehead atoms. The molecule has 0 atom stereocenters. The number of aliphatic hydroxyl groups excluding tert-OH is 1. The summed E-state index contributed by atoms with van der Waals surface area (Å²) in [5, 5.41) is 12.3. The van der Waals surface area contributed by atoms with Gasteiger partial charge in [-0.3, -0.25) is 4.79 Å². The van der Waals surface area contributed by atoms with Gasteiger partial charge >= 0.3 is 0 Å². The normalized spacial score (nSPS) is 11.2. The number of nitrogens with one attached hydrogen (secondary N) is 1. The predicted molar refractivity (Wildman–Crippen MR) is 82.8 cm³/mol. The standard InChI is InChI=1S/C15H22BrNO3/c1-3-15(4-2,11-18)17-14(19)9-10-20-13-7-5-12(16)6-8-13/h5-8,18H,3-4,9-11H2,1-2H3,(H,17,19). The zero-order chi connectivity index (χ0) is 15.0. The minimum Gasteiger partial charge on any atom is -0.493 e. The van der Waals surface area contributed by atoms with Crippen LogP contribution in [0.25, 0.3) is 0 Å². The summed E-state index contributed by atoms with van der Waals surface area (Å²) < 4.78 is 6.49. The molecule has 0 aliphatic carbocycles. The van der Waals surface area contributed by atoms with E-state index in [0.29, 0.717) is 19.4 Å². The van der Waals surface area contributed by atoms with Gasteiger partial charge in [-0.1, -0.05) is 29.8 Å². The highest BCUT2D eigenvalue weighted by Gasteiger charge is 2.26. The van der Waals surface area contributed by atoms with Crippen LogP contribution in [-0.4, -0.2) is 29.8 Å². The third kappa shape index (κ3) is 5.13. The highest BCUT2D eigenvalue weighted by Crippen LogP contribution is 2.17. The van der Waals surface area contributed by atoms with Crippen molar-refractivity contribution in [1.82, 2.24) is 5.32 Å². The molecule has 2 N–H and O–H groups in total. The van der Waals surface area contributed by atoms with Crippen molar-refractivity contribution in [3.63, 3.8) is 0 Å². The summed E-state index contributed by atoms with van der Waals surface area (Å²) in [5.74, 6) is 0.639. The number of rotatable bonds is 8. The molecular formula is C15H22BrNO3. The van der Waals surface area contributed by atoms with Crippen molar-refractivity contribution in [2.24, 2.45) is 0 Å². The van der Waals surface area contributed by atoms with Crippen LogP contribution >= 0.6 is 15.9 Å². The zero-order valence-electron chi connectivity index (χ0n) is 12.0. The van der Waals surface area contributed by atoms with E-state index in [1.54, 1.807) is 0 Å². The summed E-state index contributed by atoms with van der Waals surface area (Å²) in [4.78, 5) is 11.9. The first-order valence-electron chi connectivity index (χ1n) is 6.85. The van der Waals surface area contributed by atoms with Gasteiger partial charge in [-0.15, -0.1) is 0 Å². The van der Waals surface area contributed by atoms with Crippen molar-refractivity contribution in [2.45, 2.75) is 38.6 Å². The van der Waals surface area contributed by atoms with E-state index >= 15 is 0 Å². The van der Waals surface area contributed by atoms with E-state index in [9.17, 15) is 9.90 Å². The third-order valence-electron chi connectivity index (χ3n) is 3.47. The second-order valence-corrected chi connectivity index (χ2v) is 5.66. The van der Waals surface area contributed by atoms with Crippen LogP contribution < -0.4 is 10.1 Å². The summed E-state index contributed by atoms with van der Waals surface area (Å²) in [6.45, 7) is 4.19. The summed E-state index contributed by atoms with van der Waals surface area (Å²) in [5.41, 5.74) is -0.505. The average molecular weight is 344 g/mol. The molecule has 4 nitrogen and oxygen atoms in total. The molecule has 0 unspecified atom stereocenters. The van der Waals surface area contributed by atoms with E-state index in [4.69, 9.17) is 4.74 Å². The third-order valence-corrected chi connectivity index (χ3v) is 4.00. The highest BCUT2D eigenvalue weighted by atomic mass is 79.9. The molecule has 20 heavy (non-hydrogen) atoms. The van der Waals surface area contributed by atoms with Gasteiger partial charge in [-0.05, 0) is 37.1 Å². The lowest BCUT2D eigenvalue weighted by atomic mass is 9.94. The molecule has 1 amide bonds. The average Bonchev–Trinajstić information content (AvgIpc) is 2.47. The van der Waals surface area contributed by atoms with Gasteiger partial charge in [0.25, 0.3) is 0 Å². The molecule has 0 fully saturated rings. The Morgan fingerprint density at radius 2 is 1.90 bits per heavy atom. The number of hydrogen-bond acceptors (Lipinski definition) is 3. The number of carbonyl (C=O) groups is 1. The first-order chi connectivity index (χ1) is 9.55. The van der Waals surface area contributed by atoms with Gasteiger partial charge in [0.15, 0.2) is 0 Å². The number of benzene rings is 1. The van der Waals surface area contributed by atoms with Crippen molar-refractivity contribution in [3.8, 4) is 5.75 Å². The van der Waals surface area contributed by atoms with E-state index in [2.05, 4.69) is 21.2 Å². The Morgan fingerprint density at radius 3 is 2.40 bits per heavy atom. The molecule has 5 heteroatoms. The van der Waals surface area contributed by atoms with Gasteiger partial charge in [-0.2, -0.15) is 0 Å². The van der Waals surface area contributed by atoms with Crippen LogP contribution in [0.1, 0.15) is 33.1 Å². The number of hydrogen-bond donors (Lipinski definition) is 2. The second-order valence-electron chi connectivity index (χ2n) is 4.75. The Balaban J connectivity index is 2.38. The van der Waals surface area contributed by atoms with E-state index in [1.165, 1.54) is 0 Å². The van der Waals surface area contributed by atoms with Crippen LogP contribution in [0, 0.1) is 0 Å². The minimum absolute atomic E-state index is 0.0424. The highest BCUT2D eigenvalue weighted by molar-refractivity contribution is 9.10. The maximum atomic E-state index is 11.9. The van der Waals surface area contributed by atoms with Gasteiger partial charge in [0.1, 0.15) is 5.75 Å². The summed E-state index contributed by atoms with van der Waals surface area (Å²) >= 11 is 3.35. The number of ether oxygens (including phenoxy) is 1. The van der Waals surface area contributed by atoms with Gasteiger partial charge in [0.05, 0.1) is 25.2 Å². The van der Waals surface area contributed by atoms with Gasteiger partial charge in [0.2, 0.25) is 5.91 Å². The fourth-order valence-corrected chi connectivity index (χ4v) is 2.10. The molecule has 1 aromatic carbocycles. The summed E-state index contributed by atoms with van der Waals surface area (Å²) in [6.07, 6.45) is 1.69. The first kappa shape index (κ1) is 17.0. The fourth-order valence-electron chi connectivity index (χ4n) is 1.84. The Bertz CT molecular complexity index is 407. The monoisotopic (exact) mass is 343 g/mol. The van der Waals surface area contributed by atoms with E-state index in [0.717, 1.165) is 10.2 Å². The molecule has 0 saturated heterocycles. The zero-order valence-corrected chi connectivity index (χ0v) is 13.6. The molecule has 0 aliphatic heterocycles. The van der Waals surface area contributed by atoms with Crippen molar-refractivity contribution >= 4 is 21.8 Å². The maximum absolute atomic E-state index is 11.9. The molecule has 0 aromatic heterocycles. The van der Waals surface area contributed by atoms with Gasteiger partial charge in [-0.25, -0.2) is 0 Å². The molecular weight excluding hydrogens is 322 g/mol. The van der Waals surface area contributed by atoms with Crippen LogP contribution in [0.2, 0.25) is 0 Å². The van der Waals surface area contributed by atoms with Crippen molar-refractivity contribution < 1.29 is 14.6 Å². The minimum atomic E-state index is -0.505. The summed E-state index contributed by atoms with van der Waals surface area (Å²) in [6, 6.07) is 7.47. The lowest BCUT2D eigenvalue weighted by Crippen LogP contribution is -2.50. The van der Waals surface area contributed by atoms with Crippen LogP contribution in [0.3, 0.4) is 0 Å². The number of amides is 1. The first-order valence-corrected chi connectivity index (χ1v) is 7.64. The molecule has 0 heterocycles. The maximum Gasteiger partial charge on any atom is 0.223 e. The fraction of sp³-hybridized carbons (Fsp3) is 0.533. The van der Waals surface area contributed by atoms with Crippen LogP contribution in [0.4, 0.5) is 0 Å². The van der Waals surface area contributed by atoms with Crippen molar-refractivity contribution in [1.29, 1.82) is 0 Å². The lowest BCUT2D eigenvalue weighted by molar-refractivity contribution is -0.124.